The van der Waals surface area contributed by atoms with Crippen LogP contribution in [0.1, 0.15) is 6.92 Å². The monoisotopic (exact) mass is 298 g/mol. The molecule has 0 aromatic heterocycles. The number of carbonyl (C=O) groups is 1. The Morgan fingerprint density at radius 3 is 2.70 bits per heavy atom. The first-order chi connectivity index (χ1) is 9.67. The summed E-state index contributed by atoms with van der Waals surface area (Å²) >= 11 is 1.21. The van der Waals surface area contributed by atoms with E-state index in [1.165, 1.54) is 18.7 Å². The molecular weight excluding hydrogens is 280 g/mol. The van der Waals surface area contributed by atoms with Crippen molar-refractivity contribution < 1.29 is 23.7 Å². The Hall–Kier alpha value is -1.24. The molecule has 1 saturated heterocycles. The zero-order chi connectivity index (χ0) is 14.4. The summed E-state index contributed by atoms with van der Waals surface area (Å²) in [6.07, 6.45) is -0.428. The summed E-state index contributed by atoms with van der Waals surface area (Å²) in [4.78, 5) is 10.9. The lowest BCUT2D eigenvalue weighted by Gasteiger charge is -2.12. The number of methoxy groups -OCH3 is 1. The van der Waals surface area contributed by atoms with Crippen LogP contribution < -0.4 is 9.47 Å². The summed E-state index contributed by atoms with van der Waals surface area (Å²) in [6, 6.07) is 7.37. The highest BCUT2D eigenvalue weighted by molar-refractivity contribution is 8.13. The zero-order valence-corrected chi connectivity index (χ0v) is 12.4. The van der Waals surface area contributed by atoms with Gasteiger partial charge in [0.05, 0.1) is 19.5 Å². The second-order valence-corrected chi connectivity index (χ2v) is 5.51. The fourth-order valence-electron chi connectivity index (χ4n) is 1.73. The van der Waals surface area contributed by atoms with E-state index in [0.717, 1.165) is 11.5 Å². The van der Waals surface area contributed by atoms with Gasteiger partial charge in [-0.15, -0.1) is 0 Å². The van der Waals surface area contributed by atoms with Crippen molar-refractivity contribution in [2.45, 2.75) is 19.3 Å². The molecule has 0 saturated carbocycles. The van der Waals surface area contributed by atoms with E-state index in [4.69, 9.17) is 18.9 Å². The highest BCUT2D eigenvalue weighted by Crippen LogP contribution is 2.20. The predicted octanol–water partition coefficient (Wildman–Crippen LogP) is 2.10. The van der Waals surface area contributed by atoms with Crippen molar-refractivity contribution in [3.05, 3.63) is 24.3 Å². The molecule has 0 bridgehead atoms. The Labute approximate surface area is 122 Å². The van der Waals surface area contributed by atoms with Crippen LogP contribution in [0, 0.1) is 0 Å². The lowest BCUT2D eigenvalue weighted by atomic mass is 10.3. The van der Waals surface area contributed by atoms with E-state index in [-0.39, 0.29) is 17.5 Å². The number of carbonyl (C=O) groups excluding carboxylic acids is 1. The molecule has 0 spiro atoms. The highest BCUT2D eigenvalue weighted by atomic mass is 32.2. The largest absolute Gasteiger partial charge is 0.497 e. The molecule has 20 heavy (non-hydrogen) atoms. The average Bonchev–Trinajstić information content (AvgIpc) is 2.91. The summed E-state index contributed by atoms with van der Waals surface area (Å²) in [5.41, 5.74) is 0. The summed E-state index contributed by atoms with van der Waals surface area (Å²) in [5.74, 6) is 2.07. The molecule has 1 aromatic carbocycles. The van der Waals surface area contributed by atoms with Crippen LogP contribution in [0.2, 0.25) is 0 Å². The Kier molecular flexibility index (Phi) is 5.70. The molecule has 0 radical (unpaired) electrons. The van der Waals surface area contributed by atoms with E-state index in [1.807, 2.05) is 24.3 Å². The minimum Gasteiger partial charge on any atom is -0.497 e. The number of benzene rings is 1. The molecule has 2 unspecified atom stereocenters. The second kappa shape index (κ2) is 7.52. The van der Waals surface area contributed by atoms with Crippen LogP contribution in [0.15, 0.2) is 24.3 Å². The third kappa shape index (κ3) is 4.70. The third-order valence-electron chi connectivity index (χ3n) is 2.73. The second-order valence-electron chi connectivity index (χ2n) is 4.31. The molecule has 1 aliphatic rings. The maximum absolute atomic E-state index is 10.9. The van der Waals surface area contributed by atoms with Gasteiger partial charge in [0, 0.05) is 6.92 Å². The van der Waals surface area contributed by atoms with Crippen molar-refractivity contribution in [3.8, 4) is 11.5 Å². The maximum atomic E-state index is 10.9. The van der Waals surface area contributed by atoms with Crippen LogP contribution >= 0.6 is 11.8 Å². The first-order valence-electron chi connectivity index (χ1n) is 6.34. The summed E-state index contributed by atoms with van der Waals surface area (Å²) in [7, 11) is 1.62. The smallest absolute Gasteiger partial charge is 0.186 e. The van der Waals surface area contributed by atoms with Crippen LogP contribution in [-0.4, -0.2) is 43.6 Å². The summed E-state index contributed by atoms with van der Waals surface area (Å²) in [5, 5.41) is 0.0649. The van der Waals surface area contributed by atoms with Crippen molar-refractivity contribution in [1.29, 1.82) is 0 Å². The van der Waals surface area contributed by atoms with Gasteiger partial charge in [-0.2, -0.15) is 0 Å². The number of hydrogen-bond donors (Lipinski definition) is 0. The van der Waals surface area contributed by atoms with Crippen molar-refractivity contribution in [3.63, 3.8) is 0 Å². The molecule has 110 valence electrons. The van der Waals surface area contributed by atoms with E-state index in [1.54, 1.807) is 7.11 Å². The van der Waals surface area contributed by atoms with Crippen LogP contribution in [0.25, 0.3) is 0 Å². The lowest BCUT2D eigenvalue weighted by molar-refractivity contribution is -0.109. The molecule has 1 heterocycles. The van der Waals surface area contributed by atoms with Gasteiger partial charge in [-0.25, -0.2) is 0 Å². The van der Waals surface area contributed by atoms with Crippen LogP contribution in [-0.2, 0) is 14.3 Å². The number of ether oxygens (including phenoxy) is 4. The van der Waals surface area contributed by atoms with E-state index in [0.29, 0.717) is 19.0 Å². The van der Waals surface area contributed by atoms with Crippen molar-refractivity contribution in [1.82, 2.24) is 0 Å². The molecule has 6 heteroatoms. The minimum atomic E-state index is -0.326. The Morgan fingerprint density at radius 1 is 1.35 bits per heavy atom. The number of hydrogen-bond acceptors (Lipinski definition) is 6. The van der Waals surface area contributed by atoms with Gasteiger partial charge in [0.15, 0.2) is 11.4 Å². The molecule has 0 aliphatic carbocycles. The van der Waals surface area contributed by atoms with Gasteiger partial charge in [0.25, 0.3) is 0 Å². The quantitative estimate of drug-likeness (QED) is 0.801. The van der Waals surface area contributed by atoms with Crippen molar-refractivity contribution in [2.75, 3.05) is 26.1 Å². The van der Waals surface area contributed by atoms with Crippen LogP contribution in [0.5, 0.6) is 11.5 Å². The minimum absolute atomic E-state index is 0.0649. The highest BCUT2D eigenvalue weighted by Gasteiger charge is 2.26. The van der Waals surface area contributed by atoms with Crippen molar-refractivity contribution >= 4 is 16.9 Å². The van der Waals surface area contributed by atoms with Gasteiger partial charge in [0.2, 0.25) is 0 Å². The maximum Gasteiger partial charge on any atom is 0.186 e. The molecule has 2 atom stereocenters. The average molecular weight is 298 g/mol. The van der Waals surface area contributed by atoms with E-state index >= 15 is 0 Å². The normalized spacial score (nSPS) is 21.7. The Bertz CT molecular complexity index is 434. The molecule has 1 aliphatic heterocycles. The van der Waals surface area contributed by atoms with Gasteiger partial charge < -0.3 is 18.9 Å². The Balaban J connectivity index is 1.70. The number of thioether (sulfide) groups is 1. The molecule has 1 fully saturated rings. The standard InChI is InChI=1S/C14H18O5S/c1-10(15)20-9-14-18-8-13(19-14)7-17-12-5-3-11(16-2)4-6-12/h3-6,13-14H,7-9H2,1-2H3. The third-order valence-corrected chi connectivity index (χ3v) is 3.58. The summed E-state index contributed by atoms with van der Waals surface area (Å²) in [6.45, 7) is 2.44. The van der Waals surface area contributed by atoms with Gasteiger partial charge in [-0.05, 0) is 24.3 Å². The molecule has 0 N–H and O–H groups in total. The SMILES string of the molecule is COc1ccc(OCC2COC(CSC(C)=O)O2)cc1. The topological polar surface area (TPSA) is 54.0 Å². The molecular formula is C14H18O5S. The van der Waals surface area contributed by atoms with Crippen molar-refractivity contribution in [2.24, 2.45) is 0 Å². The molecule has 2 rings (SSSR count). The predicted molar refractivity (Wildman–Crippen MR) is 76.2 cm³/mol. The zero-order valence-electron chi connectivity index (χ0n) is 11.5. The Morgan fingerprint density at radius 2 is 2.05 bits per heavy atom. The van der Waals surface area contributed by atoms with Gasteiger partial charge in [-0.1, -0.05) is 11.8 Å². The fourth-order valence-corrected chi connectivity index (χ4v) is 2.27. The van der Waals surface area contributed by atoms with Crippen LogP contribution in [0.3, 0.4) is 0 Å². The molecule has 1 aromatic rings. The first-order valence-corrected chi connectivity index (χ1v) is 7.33. The van der Waals surface area contributed by atoms with Crippen LogP contribution in [0.4, 0.5) is 0 Å². The lowest BCUT2D eigenvalue weighted by Crippen LogP contribution is -2.21. The summed E-state index contributed by atoms with van der Waals surface area (Å²) < 4.78 is 21.8. The van der Waals surface area contributed by atoms with E-state index < -0.39 is 0 Å². The van der Waals surface area contributed by atoms with Gasteiger partial charge in [0.1, 0.15) is 24.2 Å². The fraction of sp³-hybridized carbons (Fsp3) is 0.500. The number of rotatable bonds is 6. The first kappa shape index (κ1) is 15.2. The van der Waals surface area contributed by atoms with E-state index in [9.17, 15) is 4.79 Å². The molecule has 0 amide bonds. The van der Waals surface area contributed by atoms with Gasteiger partial charge >= 0.3 is 0 Å². The van der Waals surface area contributed by atoms with Gasteiger partial charge in [-0.3, -0.25) is 4.79 Å². The van der Waals surface area contributed by atoms with E-state index in [2.05, 4.69) is 0 Å². The molecule has 5 nitrogen and oxygen atoms in total.